The number of carbonyl (C=O) groups excluding carboxylic acids is 1. The van der Waals surface area contributed by atoms with Gasteiger partial charge in [-0.1, -0.05) is 0 Å². The number of aliphatic hydroxyl groups is 3. The van der Waals surface area contributed by atoms with E-state index >= 15 is 0 Å². The Bertz CT molecular complexity index is 424. The van der Waals surface area contributed by atoms with Crippen LogP contribution >= 0.6 is 0 Å². The molecule has 1 amide bonds. The SMILES string of the molecule is CC(=O)N[C@H]1[C@H](O)[C@H](O)[C@H](COS(=O)(=O)O)O[C@@H]1O. The zero-order valence-corrected chi connectivity index (χ0v) is 10.6. The van der Waals surface area contributed by atoms with Crippen molar-refractivity contribution < 1.29 is 42.0 Å². The van der Waals surface area contributed by atoms with Crippen LogP contribution in [0.15, 0.2) is 0 Å². The Labute approximate surface area is 108 Å². The van der Waals surface area contributed by atoms with Crippen LogP contribution < -0.4 is 5.32 Å². The Morgan fingerprint density at radius 3 is 2.37 bits per heavy atom. The summed E-state index contributed by atoms with van der Waals surface area (Å²) in [6, 6.07) is -1.27. The van der Waals surface area contributed by atoms with Crippen LogP contribution in [0.3, 0.4) is 0 Å². The first-order chi connectivity index (χ1) is 8.61. The van der Waals surface area contributed by atoms with Gasteiger partial charge in [-0.15, -0.1) is 0 Å². The minimum Gasteiger partial charge on any atom is -0.388 e. The molecule has 0 aliphatic carbocycles. The van der Waals surface area contributed by atoms with Gasteiger partial charge >= 0.3 is 10.4 Å². The van der Waals surface area contributed by atoms with Crippen LogP contribution in [-0.4, -0.2) is 71.4 Å². The lowest BCUT2D eigenvalue weighted by Gasteiger charge is -2.40. The summed E-state index contributed by atoms with van der Waals surface area (Å²) >= 11 is 0. The van der Waals surface area contributed by atoms with Crippen molar-refractivity contribution in [3.8, 4) is 0 Å². The maximum atomic E-state index is 10.8. The molecule has 1 saturated heterocycles. The van der Waals surface area contributed by atoms with Gasteiger partial charge in [-0.3, -0.25) is 9.35 Å². The third-order valence-electron chi connectivity index (χ3n) is 2.47. The molecule has 0 spiro atoms. The Kier molecular flexibility index (Phi) is 5.20. The average molecular weight is 301 g/mol. The van der Waals surface area contributed by atoms with Crippen LogP contribution in [0.2, 0.25) is 0 Å². The number of ether oxygens (including phenoxy) is 1. The molecule has 112 valence electrons. The summed E-state index contributed by atoms with van der Waals surface area (Å²) in [6.07, 6.45) is -6.28. The van der Waals surface area contributed by atoms with E-state index in [1.165, 1.54) is 0 Å². The van der Waals surface area contributed by atoms with Crippen LogP contribution in [0.1, 0.15) is 6.92 Å². The molecular weight excluding hydrogens is 286 g/mol. The fraction of sp³-hybridized carbons (Fsp3) is 0.875. The number of rotatable bonds is 4. The molecule has 19 heavy (non-hydrogen) atoms. The fourth-order valence-corrected chi connectivity index (χ4v) is 1.93. The van der Waals surface area contributed by atoms with E-state index in [1.54, 1.807) is 0 Å². The summed E-state index contributed by atoms with van der Waals surface area (Å²) in [4.78, 5) is 10.8. The Balaban J connectivity index is 2.69. The lowest BCUT2D eigenvalue weighted by atomic mass is 9.97. The third-order valence-corrected chi connectivity index (χ3v) is 2.91. The van der Waals surface area contributed by atoms with Crippen molar-refractivity contribution in [1.29, 1.82) is 0 Å². The Morgan fingerprint density at radius 1 is 1.32 bits per heavy atom. The predicted molar refractivity (Wildman–Crippen MR) is 58.0 cm³/mol. The van der Waals surface area contributed by atoms with Gasteiger partial charge in [-0.2, -0.15) is 8.42 Å². The number of amides is 1. The summed E-state index contributed by atoms with van der Waals surface area (Å²) in [7, 11) is -4.74. The highest BCUT2D eigenvalue weighted by atomic mass is 32.3. The molecular formula is C8H15NO9S. The Hall–Kier alpha value is -0.820. The minimum absolute atomic E-state index is 0.563. The van der Waals surface area contributed by atoms with Gasteiger partial charge in [0.2, 0.25) is 5.91 Å². The molecule has 1 fully saturated rings. The quantitative estimate of drug-likeness (QED) is 0.335. The van der Waals surface area contributed by atoms with Gasteiger partial charge in [0.05, 0.1) is 6.61 Å². The maximum Gasteiger partial charge on any atom is 0.397 e. The zero-order valence-electron chi connectivity index (χ0n) is 9.83. The highest BCUT2D eigenvalue weighted by molar-refractivity contribution is 7.80. The first kappa shape index (κ1) is 16.2. The van der Waals surface area contributed by atoms with E-state index in [1.807, 2.05) is 0 Å². The molecule has 0 bridgehead atoms. The maximum absolute atomic E-state index is 10.8. The van der Waals surface area contributed by atoms with Crippen LogP contribution in [0.25, 0.3) is 0 Å². The van der Waals surface area contributed by atoms with Crippen molar-refractivity contribution in [3.63, 3.8) is 0 Å². The molecule has 0 radical (unpaired) electrons. The number of aliphatic hydroxyl groups excluding tert-OH is 3. The molecule has 1 heterocycles. The van der Waals surface area contributed by atoms with Gasteiger partial charge in [-0.05, 0) is 0 Å². The molecule has 5 atom stereocenters. The molecule has 1 aliphatic rings. The van der Waals surface area contributed by atoms with E-state index < -0.39 is 53.6 Å². The van der Waals surface area contributed by atoms with Crippen molar-refractivity contribution in [1.82, 2.24) is 5.32 Å². The summed E-state index contributed by atoms with van der Waals surface area (Å²) < 4.78 is 37.9. The monoisotopic (exact) mass is 301 g/mol. The number of hydrogen-bond donors (Lipinski definition) is 5. The van der Waals surface area contributed by atoms with Gasteiger partial charge in [0.1, 0.15) is 24.4 Å². The zero-order chi connectivity index (χ0) is 14.8. The van der Waals surface area contributed by atoms with E-state index in [9.17, 15) is 28.5 Å². The summed E-state index contributed by atoms with van der Waals surface area (Å²) in [5.41, 5.74) is 0. The summed E-state index contributed by atoms with van der Waals surface area (Å²) in [6.45, 7) is 0.334. The molecule has 10 nitrogen and oxygen atoms in total. The fourth-order valence-electron chi connectivity index (χ4n) is 1.63. The van der Waals surface area contributed by atoms with E-state index in [2.05, 4.69) is 9.50 Å². The van der Waals surface area contributed by atoms with Crippen molar-refractivity contribution in [3.05, 3.63) is 0 Å². The Morgan fingerprint density at radius 2 is 1.89 bits per heavy atom. The summed E-state index contributed by atoms with van der Waals surface area (Å²) in [5, 5.41) is 31.0. The molecule has 1 rings (SSSR count). The second-order valence-corrected chi connectivity index (χ2v) is 5.08. The van der Waals surface area contributed by atoms with Crippen LogP contribution in [0, 0.1) is 0 Å². The molecule has 5 N–H and O–H groups in total. The first-order valence-corrected chi connectivity index (χ1v) is 6.57. The van der Waals surface area contributed by atoms with E-state index in [-0.39, 0.29) is 0 Å². The lowest BCUT2D eigenvalue weighted by Crippen LogP contribution is -2.64. The van der Waals surface area contributed by atoms with Crippen molar-refractivity contribution in [2.24, 2.45) is 0 Å². The second-order valence-electron chi connectivity index (χ2n) is 3.98. The molecule has 0 aromatic carbocycles. The van der Waals surface area contributed by atoms with Crippen molar-refractivity contribution in [2.45, 2.75) is 37.6 Å². The molecule has 0 saturated carbocycles. The minimum atomic E-state index is -4.74. The van der Waals surface area contributed by atoms with E-state index in [0.29, 0.717) is 0 Å². The molecule has 1 aliphatic heterocycles. The smallest absolute Gasteiger partial charge is 0.388 e. The lowest BCUT2D eigenvalue weighted by molar-refractivity contribution is -0.252. The largest absolute Gasteiger partial charge is 0.397 e. The van der Waals surface area contributed by atoms with Crippen molar-refractivity contribution in [2.75, 3.05) is 6.61 Å². The molecule has 0 aromatic heterocycles. The van der Waals surface area contributed by atoms with Crippen LogP contribution in [-0.2, 0) is 24.1 Å². The van der Waals surface area contributed by atoms with E-state index in [4.69, 9.17) is 9.29 Å². The second kappa shape index (κ2) is 6.09. The van der Waals surface area contributed by atoms with Crippen molar-refractivity contribution >= 4 is 16.3 Å². The average Bonchev–Trinajstić information content (AvgIpc) is 2.26. The van der Waals surface area contributed by atoms with E-state index in [0.717, 1.165) is 6.92 Å². The predicted octanol–water partition coefficient (Wildman–Crippen LogP) is -3.25. The van der Waals surface area contributed by atoms with Crippen LogP contribution in [0.5, 0.6) is 0 Å². The van der Waals surface area contributed by atoms with Gasteiger partial charge < -0.3 is 25.4 Å². The molecule has 11 heteroatoms. The van der Waals surface area contributed by atoms with Gasteiger partial charge in [0.25, 0.3) is 0 Å². The van der Waals surface area contributed by atoms with Gasteiger partial charge in [-0.25, -0.2) is 4.18 Å². The van der Waals surface area contributed by atoms with Crippen LogP contribution in [0.4, 0.5) is 0 Å². The first-order valence-electron chi connectivity index (χ1n) is 5.20. The molecule has 0 unspecified atom stereocenters. The molecule has 0 aromatic rings. The third kappa shape index (κ3) is 4.65. The number of nitrogens with one attached hydrogen (secondary N) is 1. The standard InChI is InChI=1S/C8H15NO9S/c1-3(10)9-5-7(12)6(11)4(18-8(5)13)2-17-19(14,15)16/h4-8,11-13H,2H2,1H3,(H,9,10)(H,14,15,16)/t4-,5-,6+,7-,8-/m0/s1. The number of carbonyl (C=O) groups is 1. The topological polar surface area (TPSA) is 163 Å². The normalized spacial score (nSPS) is 35.9. The highest BCUT2D eigenvalue weighted by Gasteiger charge is 2.44. The number of hydrogen-bond acceptors (Lipinski definition) is 8. The summed E-state index contributed by atoms with van der Waals surface area (Å²) in [5.74, 6) is -0.563. The highest BCUT2D eigenvalue weighted by Crippen LogP contribution is 2.20. The van der Waals surface area contributed by atoms with Gasteiger partial charge in [0, 0.05) is 6.92 Å². The van der Waals surface area contributed by atoms with Gasteiger partial charge in [0.15, 0.2) is 6.29 Å².